The van der Waals surface area contributed by atoms with Crippen molar-refractivity contribution in [2.24, 2.45) is 0 Å². The molecular weight excluding hydrogens is 289 g/mol. The van der Waals surface area contributed by atoms with Gasteiger partial charge in [0.2, 0.25) is 0 Å². The van der Waals surface area contributed by atoms with Crippen molar-refractivity contribution in [1.82, 2.24) is 0 Å². The summed E-state index contributed by atoms with van der Waals surface area (Å²) in [6.45, 7) is 3.25. The normalized spacial score (nSPS) is 15.3. The summed E-state index contributed by atoms with van der Waals surface area (Å²) in [7, 11) is 0. The van der Waals surface area contributed by atoms with Crippen LogP contribution in [0.2, 0.25) is 5.02 Å². The van der Waals surface area contributed by atoms with Gasteiger partial charge in [0.05, 0.1) is 22.1 Å². The summed E-state index contributed by atoms with van der Waals surface area (Å²) in [6.07, 6.45) is 0. The Bertz CT molecular complexity index is 639. The largest absolute Gasteiger partial charge is 0.395 e. The number of benzene rings is 2. The van der Waals surface area contributed by atoms with Crippen LogP contribution < -0.4 is 15.5 Å². The van der Waals surface area contributed by atoms with Crippen LogP contribution in [0.3, 0.4) is 0 Å². The number of para-hydroxylation sites is 2. The van der Waals surface area contributed by atoms with Gasteiger partial charge in [0.15, 0.2) is 0 Å². The molecule has 1 aliphatic rings. The summed E-state index contributed by atoms with van der Waals surface area (Å²) < 4.78 is 13.5. The standard InChI is InChI=1S/C16H17ClFN3/c17-12-4-1-2-6-14(12)20-8-10-21(11-9-20)15-7-3-5-13(18)16(15)19/h1-7H,8-11,19H2. The summed E-state index contributed by atoms with van der Waals surface area (Å²) in [5, 5.41) is 0.760. The minimum Gasteiger partial charge on any atom is -0.395 e. The van der Waals surface area contributed by atoms with Crippen molar-refractivity contribution in [3.8, 4) is 0 Å². The van der Waals surface area contributed by atoms with Crippen LogP contribution in [0.4, 0.5) is 21.5 Å². The van der Waals surface area contributed by atoms with E-state index in [0.29, 0.717) is 0 Å². The maximum Gasteiger partial charge on any atom is 0.148 e. The third-order valence-electron chi connectivity index (χ3n) is 3.84. The van der Waals surface area contributed by atoms with Gasteiger partial charge in [-0.15, -0.1) is 0 Å². The highest BCUT2D eigenvalue weighted by Crippen LogP contribution is 2.29. The molecular formula is C16H17ClFN3. The molecule has 1 aliphatic heterocycles. The van der Waals surface area contributed by atoms with Crippen LogP contribution in [-0.2, 0) is 0 Å². The molecule has 0 saturated carbocycles. The second-order valence-corrected chi connectivity index (χ2v) is 5.51. The van der Waals surface area contributed by atoms with E-state index in [1.165, 1.54) is 6.07 Å². The Morgan fingerprint density at radius 3 is 2.10 bits per heavy atom. The van der Waals surface area contributed by atoms with Crippen molar-refractivity contribution in [2.75, 3.05) is 41.7 Å². The van der Waals surface area contributed by atoms with Gasteiger partial charge in [0.1, 0.15) is 5.82 Å². The fourth-order valence-corrected chi connectivity index (χ4v) is 2.95. The average Bonchev–Trinajstić information content (AvgIpc) is 2.51. The molecule has 2 aromatic carbocycles. The first kappa shape index (κ1) is 14.0. The molecule has 0 spiro atoms. The minimum absolute atomic E-state index is 0.226. The second kappa shape index (κ2) is 5.82. The van der Waals surface area contributed by atoms with Crippen LogP contribution in [0, 0.1) is 5.82 Å². The summed E-state index contributed by atoms with van der Waals surface area (Å²) in [4.78, 5) is 4.36. The fourth-order valence-electron chi connectivity index (χ4n) is 2.70. The molecule has 0 aromatic heterocycles. The van der Waals surface area contributed by atoms with E-state index >= 15 is 0 Å². The molecule has 3 rings (SSSR count). The summed E-state index contributed by atoms with van der Waals surface area (Å²) >= 11 is 6.23. The van der Waals surface area contributed by atoms with Gasteiger partial charge in [-0.2, -0.15) is 0 Å². The highest BCUT2D eigenvalue weighted by atomic mass is 35.5. The molecule has 5 heteroatoms. The van der Waals surface area contributed by atoms with E-state index in [9.17, 15) is 4.39 Å². The first-order chi connectivity index (χ1) is 10.2. The van der Waals surface area contributed by atoms with Gasteiger partial charge in [-0.25, -0.2) is 4.39 Å². The van der Waals surface area contributed by atoms with E-state index in [1.54, 1.807) is 6.07 Å². The summed E-state index contributed by atoms with van der Waals surface area (Å²) in [5.74, 6) is -0.360. The molecule has 0 aliphatic carbocycles. The van der Waals surface area contributed by atoms with Gasteiger partial charge < -0.3 is 15.5 Å². The van der Waals surface area contributed by atoms with E-state index < -0.39 is 0 Å². The Balaban J connectivity index is 1.74. The Labute approximate surface area is 128 Å². The molecule has 3 nitrogen and oxygen atoms in total. The van der Waals surface area contributed by atoms with Crippen LogP contribution in [-0.4, -0.2) is 26.2 Å². The zero-order chi connectivity index (χ0) is 14.8. The Morgan fingerprint density at radius 1 is 0.857 bits per heavy atom. The molecule has 0 atom stereocenters. The first-order valence-corrected chi connectivity index (χ1v) is 7.33. The Hall–Kier alpha value is -1.94. The third-order valence-corrected chi connectivity index (χ3v) is 4.16. The van der Waals surface area contributed by atoms with E-state index in [-0.39, 0.29) is 11.5 Å². The number of nitrogens with zero attached hydrogens (tertiary/aromatic N) is 2. The van der Waals surface area contributed by atoms with E-state index in [4.69, 9.17) is 17.3 Å². The van der Waals surface area contributed by atoms with Gasteiger partial charge in [0, 0.05) is 26.2 Å². The molecule has 0 unspecified atom stereocenters. The smallest absolute Gasteiger partial charge is 0.148 e. The van der Waals surface area contributed by atoms with Crippen LogP contribution in [0.15, 0.2) is 42.5 Å². The summed E-state index contributed by atoms with van der Waals surface area (Å²) in [5.41, 5.74) is 7.88. The van der Waals surface area contributed by atoms with Crippen molar-refractivity contribution in [3.63, 3.8) is 0 Å². The maximum atomic E-state index is 13.5. The molecule has 110 valence electrons. The quantitative estimate of drug-likeness (QED) is 0.863. The van der Waals surface area contributed by atoms with Crippen molar-refractivity contribution in [1.29, 1.82) is 0 Å². The number of hydrogen-bond acceptors (Lipinski definition) is 3. The lowest BCUT2D eigenvalue weighted by Gasteiger charge is -2.38. The molecule has 1 heterocycles. The molecule has 0 amide bonds. The van der Waals surface area contributed by atoms with Gasteiger partial charge in [-0.05, 0) is 24.3 Å². The molecule has 1 saturated heterocycles. The monoisotopic (exact) mass is 305 g/mol. The van der Waals surface area contributed by atoms with E-state index in [0.717, 1.165) is 42.6 Å². The van der Waals surface area contributed by atoms with Crippen molar-refractivity contribution < 1.29 is 4.39 Å². The van der Waals surface area contributed by atoms with Crippen molar-refractivity contribution in [3.05, 3.63) is 53.3 Å². The fraction of sp³-hybridized carbons (Fsp3) is 0.250. The van der Waals surface area contributed by atoms with Crippen molar-refractivity contribution >= 4 is 28.7 Å². The number of hydrogen-bond donors (Lipinski definition) is 1. The van der Waals surface area contributed by atoms with E-state index in [2.05, 4.69) is 9.80 Å². The zero-order valence-electron chi connectivity index (χ0n) is 11.6. The van der Waals surface area contributed by atoms with E-state index in [1.807, 2.05) is 30.3 Å². The third kappa shape index (κ3) is 2.76. The first-order valence-electron chi connectivity index (χ1n) is 6.95. The van der Waals surface area contributed by atoms with Gasteiger partial charge in [0.25, 0.3) is 0 Å². The minimum atomic E-state index is -0.360. The van der Waals surface area contributed by atoms with Gasteiger partial charge in [-0.1, -0.05) is 29.8 Å². The number of nitrogens with two attached hydrogens (primary N) is 1. The molecule has 1 fully saturated rings. The number of halogens is 2. The predicted molar refractivity (Wildman–Crippen MR) is 86.7 cm³/mol. The van der Waals surface area contributed by atoms with Crippen LogP contribution >= 0.6 is 11.6 Å². The Kier molecular flexibility index (Phi) is 3.88. The molecule has 0 bridgehead atoms. The molecule has 21 heavy (non-hydrogen) atoms. The molecule has 2 N–H and O–H groups in total. The SMILES string of the molecule is Nc1c(F)cccc1N1CCN(c2ccccc2Cl)CC1. The Morgan fingerprint density at radius 2 is 1.43 bits per heavy atom. The van der Waals surface area contributed by atoms with Gasteiger partial charge >= 0.3 is 0 Å². The number of nitrogen functional groups attached to an aromatic ring is 1. The summed E-state index contributed by atoms with van der Waals surface area (Å²) in [6, 6.07) is 12.8. The lowest BCUT2D eigenvalue weighted by atomic mass is 10.2. The molecule has 2 aromatic rings. The maximum absolute atomic E-state index is 13.5. The topological polar surface area (TPSA) is 32.5 Å². The predicted octanol–water partition coefficient (Wildman–Crippen LogP) is 3.39. The van der Waals surface area contributed by atoms with Crippen molar-refractivity contribution in [2.45, 2.75) is 0 Å². The average molecular weight is 306 g/mol. The van der Waals surface area contributed by atoms with Gasteiger partial charge in [-0.3, -0.25) is 0 Å². The second-order valence-electron chi connectivity index (χ2n) is 5.10. The van der Waals surface area contributed by atoms with Crippen LogP contribution in [0.25, 0.3) is 0 Å². The van der Waals surface area contributed by atoms with Crippen LogP contribution in [0.1, 0.15) is 0 Å². The highest BCUT2D eigenvalue weighted by Gasteiger charge is 2.20. The number of piperazine rings is 1. The zero-order valence-corrected chi connectivity index (χ0v) is 12.4. The number of rotatable bonds is 2. The lowest BCUT2D eigenvalue weighted by Crippen LogP contribution is -2.46. The molecule has 0 radical (unpaired) electrons. The number of anilines is 3. The lowest BCUT2D eigenvalue weighted by molar-refractivity contribution is 0.625. The highest BCUT2D eigenvalue weighted by molar-refractivity contribution is 6.33. The van der Waals surface area contributed by atoms with Crippen LogP contribution in [0.5, 0.6) is 0 Å².